The molecule has 0 fully saturated rings. The van der Waals surface area contributed by atoms with Crippen molar-refractivity contribution < 1.29 is 18.0 Å². The van der Waals surface area contributed by atoms with Gasteiger partial charge in [0.05, 0.1) is 22.3 Å². The maximum absolute atomic E-state index is 13.1. The van der Waals surface area contributed by atoms with E-state index in [1.54, 1.807) is 0 Å². The number of aromatic amines is 2. The number of hydrogen-bond acceptors (Lipinski definition) is 2. The monoisotopic (exact) mass is 355 g/mol. The predicted octanol–water partition coefficient (Wildman–Crippen LogP) is 4.81. The summed E-state index contributed by atoms with van der Waals surface area (Å²) in [5.74, 6) is -0.189. The number of para-hydroxylation sites is 2. The number of ketones is 1. The summed E-state index contributed by atoms with van der Waals surface area (Å²) in [5, 5.41) is 0. The summed E-state index contributed by atoms with van der Waals surface area (Å²) in [6, 6.07) is 13.7. The highest BCUT2D eigenvalue weighted by molar-refractivity contribution is 6.10. The molecule has 0 bridgehead atoms. The molecule has 0 spiro atoms. The van der Waals surface area contributed by atoms with Crippen LogP contribution in [-0.2, 0) is 6.18 Å². The van der Waals surface area contributed by atoms with Crippen LogP contribution in [0, 0.1) is 0 Å². The van der Waals surface area contributed by atoms with Crippen LogP contribution >= 0.6 is 0 Å². The molecule has 2 aromatic heterocycles. The fourth-order valence-electron chi connectivity index (χ4n) is 2.83. The molecule has 2 N–H and O–H groups in total. The van der Waals surface area contributed by atoms with Gasteiger partial charge in [-0.25, -0.2) is 4.98 Å². The first-order valence-electron chi connectivity index (χ1n) is 7.78. The standard InChI is InChI=1S/C19H12F3N3O/c20-19(21,22)13-6-2-1-5-12(13)17(26)11-9-16(23-10-11)18-24-14-7-3-4-8-15(14)25-18/h1-10,23H,(H,24,25). The molecule has 4 aromatic rings. The smallest absolute Gasteiger partial charge is 0.358 e. The van der Waals surface area contributed by atoms with Crippen LogP contribution in [0.5, 0.6) is 0 Å². The Morgan fingerprint density at radius 2 is 1.73 bits per heavy atom. The third-order valence-corrected chi connectivity index (χ3v) is 4.07. The van der Waals surface area contributed by atoms with E-state index >= 15 is 0 Å². The van der Waals surface area contributed by atoms with Crippen LogP contribution < -0.4 is 0 Å². The highest BCUT2D eigenvalue weighted by Gasteiger charge is 2.35. The van der Waals surface area contributed by atoms with Gasteiger partial charge in [-0.05, 0) is 24.3 Å². The summed E-state index contributed by atoms with van der Waals surface area (Å²) in [5.41, 5.74) is 0.914. The Balaban J connectivity index is 1.71. The van der Waals surface area contributed by atoms with Crippen molar-refractivity contribution in [3.63, 3.8) is 0 Å². The maximum Gasteiger partial charge on any atom is 0.417 e. The van der Waals surface area contributed by atoms with Gasteiger partial charge in [-0.2, -0.15) is 13.2 Å². The molecule has 0 atom stereocenters. The largest absolute Gasteiger partial charge is 0.417 e. The second-order valence-electron chi connectivity index (χ2n) is 5.78. The van der Waals surface area contributed by atoms with Gasteiger partial charge in [0.2, 0.25) is 0 Å². The molecule has 0 radical (unpaired) electrons. The number of benzene rings is 2. The second-order valence-corrected chi connectivity index (χ2v) is 5.78. The molecule has 0 aliphatic rings. The number of nitrogens with one attached hydrogen (secondary N) is 2. The first-order valence-corrected chi connectivity index (χ1v) is 7.78. The minimum Gasteiger partial charge on any atom is -0.358 e. The summed E-state index contributed by atoms with van der Waals surface area (Å²) in [7, 11) is 0. The van der Waals surface area contributed by atoms with Crippen LogP contribution in [0.2, 0.25) is 0 Å². The third-order valence-electron chi connectivity index (χ3n) is 4.07. The lowest BCUT2D eigenvalue weighted by atomic mass is 9.99. The van der Waals surface area contributed by atoms with E-state index in [9.17, 15) is 18.0 Å². The summed E-state index contributed by atoms with van der Waals surface area (Å²) < 4.78 is 39.4. The Kier molecular flexibility index (Phi) is 3.64. The van der Waals surface area contributed by atoms with E-state index in [1.807, 2.05) is 24.3 Å². The van der Waals surface area contributed by atoms with Gasteiger partial charge in [0, 0.05) is 17.3 Å². The molecule has 7 heteroatoms. The number of rotatable bonds is 3. The van der Waals surface area contributed by atoms with Crippen LogP contribution in [0.4, 0.5) is 13.2 Å². The van der Waals surface area contributed by atoms with Gasteiger partial charge in [0.1, 0.15) is 0 Å². The van der Waals surface area contributed by atoms with E-state index in [2.05, 4.69) is 15.0 Å². The molecule has 4 nitrogen and oxygen atoms in total. The van der Waals surface area contributed by atoms with Gasteiger partial charge >= 0.3 is 6.18 Å². The summed E-state index contributed by atoms with van der Waals surface area (Å²) in [6.07, 6.45) is -3.21. The first-order chi connectivity index (χ1) is 12.4. The Labute approximate surface area is 145 Å². The van der Waals surface area contributed by atoms with Crippen LogP contribution in [0.1, 0.15) is 21.5 Å². The number of carbonyl (C=O) groups is 1. The number of hydrogen-bond donors (Lipinski definition) is 2. The summed E-state index contributed by atoms with van der Waals surface area (Å²) in [6.45, 7) is 0. The Bertz CT molecular complexity index is 1080. The molecule has 2 heterocycles. The zero-order chi connectivity index (χ0) is 18.3. The van der Waals surface area contributed by atoms with Crippen molar-refractivity contribution in [3.8, 4) is 11.5 Å². The SMILES string of the molecule is O=C(c1c[nH]c(-c2nc3ccccc3[nH]2)c1)c1ccccc1C(F)(F)F. The van der Waals surface area contributed by atoms with Crippen molar-refractivity contribution in [2.45, 2.75) is 6.18 Å². The minimum atomic E-state index is -4.59. The lowest BCUT2D eigenvalue weighted by Crippen LogP contribution is -2.13. The average molecular weight is 355 g/mol. The van der Waals surface area contributed by atoms with Crippen molar-refractivity contribution in [1.82, 2.24) is 15.0 Å². The minimum absolute atomic E-state index is 0.136. The number of nitrogens with zero attached hydrogens (tertiary/aromatic N) is 1. The van der Waals surface area contributed by atoms with Gasteiger partial charge in [-0.15, -0.1) is 0 Å². The highest BCUT2D eigenvalue weighted by atomic mass is 19.4. The fourth-order valence-corrected chi connectivity index (χ4v) is 2.83. The lowest BCUT2D eigenvalue weighted by molar-refractivity contribution is -0.137. The predicted molar refractivity (Wildman–Crippen MR) is 90.8 cm³/mol. The van der Waals surface area contributed by atoms with Crippen molar-refractivity contribution in [3.05, 3.63) is 77.5 Å². The van der Waals surface area contributed by atoms with E-state index in [1.165, 1.54) is 30.5 Å². The Hall–Kier alpha value is -3.35. The molecule has 0 amide bonds. The van der Waals surface area contributed by atoms with Crippen molar-refractivity contribution >= 4 is 16.8 Å². The normalized spacial score (nSPS) is 11.8. The van der Waals surface area contributed by atoms with E-state index in [0.29, 0.717) is 11.5 Å². The van der Waals surface area contributed by atoms with E-state index in [-0.39, 0.29) is 11.1 Å². The molecule has 0 aliphatic heterocycles. The Morgan fingerprint density at radius 1 is 1.00 bits per heavy atom. The molecule has 130 valence electrons. The van der Waals surface area contributed by atoms with Crippen LogP contribution in [0.3, 0.4) is 0 Å². The second kappa shape index (κ2) is 5.87. The number of carbonyl (C=O) groups excluding carboxylic acids is 1. The molecule has 0 saturated heterocycles. The summed E-state index contributed by atoms with van der Waals surface area (Å²) >= 11 is 0. The third kappa shape index (κ3) is 2.77. The molecular weight excluding hydrogens is 343 g/mol. The zero-order valence-corrected chi connectivity index (χ0v) is 13.3. The Morgan fingerprint density at radius 3 is 2.50 bits per heavy atom. The van der Waals surface area contributed by atoms with E-state index < -0.39 is 17.5 Å². The molecule has 26 heavy (non-hydrogen) atoms. The van der Waals surface area contributed by atoms with E-state index in [4.69, 9.17) is 0 Å². The van der Waals surface area contributed by atoms with Crippen molar-refractivity contribution in [1.29, 1.82) is 0 Å². The van der Waals surface area contributed by atoms with Gasteiger partial charge < -0.3 is 9.97 Å². The van der Waals surface area contributed by atoms with Gasteiger partial charge in [0.25, 0.3) is 0 Å². The van der Waals surface area contributed by atoms with Gasteiger partial charge in [-0.3, -0.25) is 4.79 Å². The van der Waals surface area contributed by atoms with Crippen molar-refractivity contribution in [2.75, 3.05) is 0 Å². The number of halogens is 3. The average Bonchev–Trinajstić information content (AvgIpc) is 3.27. The maximum atomic E-state index is 13.1. The number of imidazole rings is 1. The van der Waals surface area contributed by atoms with Crippen LogP contribution in [-0.4, -0.2) is 20.7 Å². The molecule has 4 rings (SSSR count). The number of aromatic nitrogens is 3. The zero-order valence-electron chi connectivity index (χ0n) is 13.3. The quantitative estimate of drug-likeness (QED) is 0.518. The molecule has 0 saturated carbocycles. The molecule has 2 aromatic carbocycles. The van der Waals surface area contributed by atoms with Crippen LogP contribution in [0.15, 0.2) is 60.8 Å². The number of H-pyrrole nitrogens is 2. The molecule has 0 aliphatic carbocycles. The van der Waals surface area contributed by atoms with Crippen molar-refractivity contribution in [2.24, 2.45) is 0 Å². The number of alkyl halides is 3. The molecular formula is C19H12F3N3O. The highest BCUT2D eigenvalue weighted by Crippen LogP contribution is 2.33. The molecule has 0 unspecified atom stereocenters. The fraction of sp³-hybridized carbons (Fsp3) is 0.0526. The van der Waals surface area contributed by atoms with Gasteiger partial charge in [0.15, 0.2) is 11.6 Å². The van der Waals surface area contributed by atoms with Crippen LogP contribution in [0.25, 0.3) is 22.6 Å². The summed E-state index contributed by atoms with van der Waals surface area (Å²) in [4.78, 5) is 23.0. The number of fused-ring (bicyclic) bond motifs is 1. The topological polar surface area (TPSA) is 61.5 Å². The lowest BCUT2D eigenvalue weighted by Gasteiger charge is -2.10. The van der Waals surface area contributed by atoms with Gasteiger partial charge in [-0.1, -0.05) is 30.3 Å². The first kappa shape index (κ1) is 16.1. The van der Waals surface area contributed by atoms with E-state index in [0.717, 1.165) is 17.1 Å².